The summed E-state index contributed by atoms with van der Waals surface area (Å²) in [5.41, 5.74) is 0. The van der Waals surface area contributed by atoms with E-state index in [0.29, 0.717) is 5.92 Å². The molecular weight excluding hydrogens is 222 g/mol. The first-order chi connectivity index (χ1) is 7.63. The molecule has 0 saturated carbocycles. The summed E-state index contributed by atoms with van der Waals surface area (Å²) >= 11 is 5.34. The fraction of sp³-hybridized carbons (Fsp3) is 0.909. The summed E-state index contributed by atoms with van der Waals surface area (Å²) in [4.78, 5) is 4.48. The van der Waals surface area contributed by atoms with E-state index in [4.69, 9.17) is 17.3 Å². The van der Waals surface area contributed by atoms with Crippen LogP contribution in [0.2, 0.25) is 0 Å². The molecule has 0 aromatic rings. The number of hydrogen-bond acceptors (Lipinski definition) is 3. The van der Waals surface area contributed by atoms with Crippen molar-refractivity contribution in [3.05, 3.63) is 0 Å². The van der Waals surface area contributed by atoms with Crippen LogP contribution in [0.4, 0.5) is 0 Å². The molecule has 0 radical (unpaired) electrons. The van der Waals surface area contributed by atoms with Crippen LogP contribution >= 0.6 is 12.2 Å². The SMILES string of the molecule is CC(C)CNC(=S)N1CCN(CCO)CC1. The van der Waals surface area contributed by atoms with E-state index in [9.17, 15) is 0 Å². The van der Waals surface area contributed by atoms with E-state index in [1.165, 1.54) is 0 Å². The molecule has 1 aliphatic rings. The van der Waals surface area contributed by atoms with Gasteiger partial charge in [0.05, 0.1) is 6.61 Å². The van der Waals surface area contributed by atoms with Crippen LogP contribution in [-0.2, 0) is 0 Å². The van der Waals surface area contributed by atoms with Crippen molar-refractivity contribution >= 4 is 17.3 Å². The number of aliphatic hydroxyl groups is 1. The Morgan fingerprint density at radius 2 is 1.94 bits per heavy atom. The molecule has 0 aliphatic carbocycles. The fourth-order valence-corrected chi connectivity index (χ4v) is 1.99. The second-order valence-electron chi connectivity index (χ2n) is 4.63. The predicted molar refractivity (Wildman–Crippen MR) is 70.5 cm³/mol. The first kappa shape index (κ1) is 13.7. The van der Waals surface area contributed by atoms with Crippen molar-refractivity contribution in [3.63, 3.8) is 0 Å². The summed E-state index contributed by atoms with van der Waals surface area (Å²) in [6.07, 6.45) is 0. The standard InChI is InChI=1S/C11H23N3OS/c1-10(2)9-12-11(16)14-5-3-13(4-6-14)7-8-15/h10,15H,3-9H2,1-2H3,(H,12,16). The molecule has 1 fully saturated rings. The van der Waals surface area contributed by atoms with Gasteiger partial charge in [-0.2, -0.15) is 0 Å². The van der Waals surface area contributed by atoms with Crippen molar-refractivity contribution < 1.29 is 5.11 Å². The first-order valence-electron chi connectivity index (χ1n) is 5.99. The van der Waals surface area contributed by atoms with Gasteiger partial charge in [0, 0.05) is 39.3 Å². The lowest BCUT2D eigenvalue weighted by Gasteiger charge is -2.36. The zero-order valence-corrected chi connectivity index (χ0v) is 11.1. The molecule has 0 bridgehead atoms. The summed E-state index contributed by atoms with van der Waals surface area (Å²) in [6, 6.07) is 0. The second kappa shape index (κ2) is 7.04. The zero-order valence-electron chi connectivity index (χ0n) is 10.3. The first-order valence-corrected chi connectivity index (χ1v) is 6.40. The molecule has 2 N–H and O–H groups in total. The van der Waals surface area contributed by atoms with Gasteiger partial charge >= 0.3 is 0 Å². The minimum Gasteiger partial charge on any atom is -0.395 e. The Hall–Kier alpha value is -0.390. The van der Waals surface area contributed by atoms with E-state index in [1.807, 2.05) is 0 Å². The van der Waals surface area contributed by atoms with Crippen molar-refractivity contribution in [2.24, 2.45) is 5.92 Å². The third-order valence-electron chi connectivity index (χ3n) is 2.74. The second-order valence-corrected chi connectivity index (χ2v) is 5.02. The normalized spacial score (nSPS) is 17.9. The van der Waals surface area contributed by atoms with Crippen LogP contribution < -0.4 is 5.32 Å². The molecule has 1 aliphatic heterocycles. The molecule has 0 aromatic heterocycles. The quantitative estimate of drug-likeness (QED) is 0.689. The minimum absolute atomic E-state index is 0.246. The maximum Gasteiger partial charge on any atom is 0.169 e. The number of rotatable bonds is 4. The van der Waals surface area contributed by atoms with Gasteiger partial charge in [-0.15, -0.1) is 0 Å². The number of nitrogens with one attached hydrogen (secondary N) is 1. The van der Waals surface area contributed by atoms with E-state index >= 15 is 0 Å². The fourth-order valence-electron chi connectivity index (χ4n) is 1.72. The molecular formula is C11H23N3OS. The van der Waals surface area contributed by atoms with E-state index in [2.05, 4.69) is 29.0 Å². The highest BCUT2D eigenvalue weighted by Gasteiger charge is 2.17. The Balaban J connectivity index is 2.22. The van der Waals surface area contributed by atoms with Crippen molar-refractivity contribution in [2.75, 3.05) is 45.9 Å². The van der Waals surface area contributed by atoms with Gasteiger partial charge in [0.15, 0.2) is 5.11 Å². The maximum absolute atomic E-state index is 8.85. The Morgan fingerprint density at radius 1 is 1.31 bits per heavy atom. The number of hydrogen-bond donors (Lipinski definition) is 2. The molecule has 5 heteroatoms. The number of thiocarbonyl (C=S) groups is 1. The average molecular weight is 245 g/mol. The van der Waals surface area contributed by atoms with Crippen LogP contribution in [0.25, 0.3) is 0 Å². The molecule has 0 aromatic carbocycles. The van der Waals surface area contributed by atoms with Gasteiger partial charge in [-0.05, 0) is 18.1 Å². The van der Waals surface area contributed by atoms with Crippen LogP contribution in [0, 0.1) is 5.92 Å². The molecule has 1 saturated heterocycles. The van der Waals surface area contributed by atoms with Crippen molar-refractivity contribution in [2.45, 2.75) is 13.8 Å². The lowest BCUT2D eigenvalue weighted by molar-refractivity contribution is 0.146. The summed E-state index contributed by atoms with van der Waals surface area (Å²) in [7, 11) is 0. The largest absolute Gasteiger partial charge is 0.395 e. The minimum atomic E-state index is 0.246. The van der Waals surface area contributed by atoms with E-state index in [-0.39, 0.29) is 6.61 Å². The summed E-state index contributed by atoms with van der Waals surface area (Å²) in [5, 5.41) is 13.0. The number of nitrogens with zero attached hydrogens (tertiary/aromatic N) is 2. The highest BCUT2D eigenvalue weighted by molar-refractivity contribution is 7.80. The Bertz CT molecular complexity index is 215. The molecule has 0 spiro atoms. The molecule has 94 valence electrons. The number of aliphatic hydroxyl groups excluding tert-OH is 1. The van der Waals surface area contributed by atoms with Crippen molar-refractivity contribution in [3.8, 4) is 0 Å². The highest BCUT2D eigenvalue weighted by atomic mass is 32.1. The van der Waals surface area contributed by atoms with Gasteiger partial charge in [0.25, 0.3) is 0 Å². The lowest BCUT2D eigenvalue weighted by Crippen LogP contribution is -2.52. The van der Waals surface area contributed by atoms with Crippen molar-refractivity contribution in [1.82, 2.24) is 15.1 Å². The molecule has 0 atom stereocenters. The zero-order chi connectivity index (χ0) is 12.0. The third-order valence-corrected chi connectivity index (χ3v) is 3.14. The molecule has 0 unspecified atom stereocenters. The van der Waals surface area contributed by atoms with Gasteiger partial charge in [-0.25, -0.2) is 0 Å². The van der Waals surface area contributed by atoms with Gasteiger partial charge in [0.1, 0.15) is 0 Å². The van der Waals surface area contributed by atoms with Crippen LogP contribution in [0.5, 0.6) is 0 Å². The monoisotopic (exact) mass is 245 g/mol. The lowest BCUT2D eigenvalue weighted by atomic mass is 10.2. The Labute approximate surface area is 104 Å². The smallest absolute Gasteiger partial charge is 0.169 e. The third kappa shape index (κ3) is 4.63. The number of piperazine rings is 1. The molecule has 4 nitrogen and oxygen atoms in total. The molecule has 0 amide bonds. The molecule has 16 heavy (non-hydrogen) atoms. The van der Waals surface area contributed by atoms with Gasteiger partial charge < -0.3 is 15.3 Å². The molecule has 1 heterocycles. The highest BCUT2D eigenvalue weighted by Crippen LogP contribution is 2.02. The van der Waals surface area contributed by atoms with Crippen LogP contribution in [-0.4, -0.2) is 65.9 Å². The van der Waals surface area contributed by atoms with Crippen LogP contribution in [0.15, 0.2) is 0 Å². The summed E-state index contributed by atoms with van der Waals surface area (Å²) in [5.74, 6) is 0.619. The average Bonchev–Trinajstić information content (AvgIpc) is 2.27. The topological polar surface area (TPSA) is 38.7 Å². The van der Waals surface area contributed by atoms with Crippen LogP contribution in [0.3, 0.4) is 0 Å². The van der Waals surface area contributed by atoms with Crippen molar-refractivity contribution in [1.29, 1.82) is 0 Å². The van der Waals surface area contributed by atoms with E-state index in [1.54, 1.807) is 0 Å². The predicted octanol–water partition coefficient (Wildman–Crippen LogP) is 0.127. The van der Waals surface area contributed by atoms with Crippen LogP contribution in [0.1, 0.15) is 13.8 Å². The number of β-amino-alcohol motifs (C(OH)–C–C–N with tert-alkyl or cyclic N) is 1. The maximum atomic E-state index is 8.85. The van der Waals surface area contributed by atoms with Gasteiger partial charge in [0.2, 0.25) is 0 Å². The van der Waals surface area contributed by atoms with E-state index < -0.39 is 0 Å². The Kier molecular flexibility index (Phi) is 6.01. The summed E-state index contributed by atoms with van der Waals surface area (Å²) < 4.78 is 0. The van der Waals surface area contributed by atoms with Gasteiger partial charge in [-0.3, -0.25) is 4.90 Å². The summed E-state index contributed by atoms with van der Waals surface area (Å²) in [6.45, 7) is 10.2. The molecule has 1 rings (SSSR count). The Morgan fingerprint density at radius 3 is 2.44 bits per heavy atom. The van der Waals surface area contributed by atoms with E-state index in [0.717, 1.165) is 44.4 Å². The van der Waals surface area contributed by atoms with Gasteiger partial charge in [-0.1, -0.05) is 13.8 Å².